The highest BCUT2D eigenvalue weighted by molar-refractivity contribution is 14.1. The molecule has 2 saturated heterocycles. The third-order valence-electron chi connectivity index (χ3n) is 2.81. The van der Waals surface area contributed by atoms with Crippen molar-refractivity contribution in [2.24, 2.45) is 0 Å². The first-order valence-electron chi connectivity index (χ1n) is 4.66. The van der Waals surface area contributed by atoms with Crippen molar-refractivity contribution in [1.82, 2.24) is 0 Å². The first kappa shape index (κ1) is 9.21. The Labute approximate surface area is 87.1 Å². The Hall–Kier alpha value is 0.650. The molecule has 2 rings (SSSR count). The van der Waals surface area contributed by atoms with Crippen molar-refractivity contribution in [2.75, 3.05) is 17.6 Å². The third kappa shape index (κ3) is 1.77. The van der Waals surface area contributed by atoms with Gasteiger partial charge in [-0.1, -0.05) is 22.6 Å². The number of hydrogen-bond donors (Lipinski definition) is 0. The molecule has 0 aromatic rings. The summed E-state index contributed by atoms with van der Waals surface area (Å²) >= 11 is 2.41. The van der Waals surface area contributed by atoms with E-state index in [1.54, 1.807) is 0 Å². The average molecular weight is 282 g/mol. The summed E-state index contributed by atoms with van der Waals surface area (Å²) < 4.78 is 12.6. The summed E-state index contributed by atoms with van der Waals surface area (Å²) in [6.07, 6.45) is 5.36. The molecule has 0 amide bonds. The van der Waals surface area contributed by atoms with Crippen LogP contribution in [0.3, 0.4) is 0 Å². The summed E-state index contributed by atoms with van der Waals surface area (Å²) in [6.45, 7) is 1.73. The van der Waals surface area contributed by atoms with E-state index in [1.807, 2.05) is 0 Å². The fourth-order valence-electron chi connectivity index (χ4n) is 2.11. The lowest BCUT2D eigenvalue weighted by Crippen LogP contribution is -2.41. The molecule has 70 valence electrons. The number of alkyl halides is 1. The SMILES string of the molecule is ICC1CCCC2(CCOC2)O1. The Bertz CT molecular complexity index is 155. The van der Waals surface area contributed by atoms with Crippen molar-refractivity contribution >= 4 is 22.6 Å². The minimum Gasteiger partial charge on any atom is -0.378 e. The fourth-order valence-corrected chi connectivity index (χ4v) is 2.73. The zero-order valence-electron chi connectivity index (χ0n) is 7.22. The van der Waals surface area contributed by atoms with Crippen molar-refractivity contribution in [2.45, 2.75) is 37.4 Å². The van der Waals surface area contributed by atoms with Gasteiger partial charge in [-0.2, -0.15) is 0 Å². The van der Waals surface area contributed by atoms with Gasteiger partial charge >= 0.3 is 0 Å². The van der Waals surface area contributed by atoms with Crippen molar-refractivity contribution < 1.29 is 9.47 Å². The Balaban J connectivity index is 1.97. The predicted octanol–water partition coefficient (Wildman–Crippen LogP) is 2.15. The molecule has 2 heterocycles. The summed E-state index contributed by atoms with van der Waals surface area (Å²) in [5.41, 5.74) is 0.119. The molecule has 0 N–H and O–H groups in total. The lowest BCUT2D eigenvalue weighted by molar-refractivity contribution is -0.117. The highest BCUT2D eigenvalue weighted by atomic mass is 127. The quantitative estimate of drug-likeness (QED) is 0.542. The van der Waals surface area contributed by atoms with Crippen LogP contribution in [0.5, 0.6) is 0 Å². The zero-order valence-corrected chi connectivity index (χ0v) is 9.38. The largest absolute Gasteiger partial charge is 0.378 e. The van der Waals surface area contributed by atoms with E-state index in [1.165, 1.54) is 19.3 Å². The summed E-state index contributed by atoms with van der Waals surface area (Å²) in [5, 5.41) is 0. The molecule has 2 aliphatic rings. The predicted molar refractivity (Wildman–Crippen MR) is 55.8 cm³/mol. The molecule has 12 heavy (non-hydrogen) atoms. The second-order valence-corrected chi connectivity index (χ2v) is 4.65. The summed E-state index contributed by atoms with van der Waals surface area (Å²) in [6, 6.07) is 0. The summed E-state index contributed by atoms with van der Waals surface area (Å²) in [4.78, 5) is 0. The van der Waals surface area contributed by atoms with Gasteiger partial charge in [0.1, 0.15) is 0 Å². The molecule has 0 aliphatic carbocycles. The minimum absolute atomic E-state index is 0.119. The first-order chi connectivity index (χ1) is 5.85. The van der Waals surface area contributed by atoms with Crippen molar-refractivity contribution in [3.63, 3.8) is 0 Å². The molecule has 2 fully saturated rings. The van der Waals surface area contributed by atoms with Crippen LogP contribution in [0.4, 0.5) is 0 Å². The molecular weight excluding hydrogens is 267 g/mol. The van der Waals surface area contributed by atoms with Gasteiger partial charge < -0.3 is 9.47 Å². The lowest BCUT2D eigenvalue weighted by atomic mass is 9.91. The van der Waals surface area contributed by atoms with Crippen LogP contribution in [-0.4, -0.2) is 29.3 Å². The summed E-state index contributed by atoms with van der Waals surface area (Å²) in [7, 11) is 0. The first-order valence-corrected chi connectivity index (χ1v) is 6.19. The van der Waals surface area contributed by atoms with Gasteiger partial charge in [0, 0.05) is 17.5 Å². The Morgan fingerprint density at radius 1 is 1.42 bits per heavy atom. The number of rotatable bonds is 1. The maximum Gasteiger partial charge on any atom is 0.0940 e. The molecule has 2 aliphatic heterocycles. The summed E-state index contributed by atoms with van der Waals surface area (Å²) in [5.74, 6) is 0. The van der Waals surface area contributed by atoms with E-state index in [0.29, 0.717) is 6.10 Å². The van der Waals surface area contributed by atoms with Crippen molar-refractivity contribution in [1.29, 1.82) is 0 Å². The van der Waals surface area contributed by atoms with E-state index in [9.17, 15) is 0 Å². The minimum atomic E-state index is 0.119. The maximum atomic E-state index is 6.05. The molecule has 0 aromatic heterocycles. The second kappa shape index (κ2) is 3.80. The van der Waals surface area contributed by atoms with Crippen LogP contribution in [-0.2, 0) is 9.47 Å². The van der Waals surface area contributed by atoms with Gasteiger partial charge in [-0.15, -0.1) is 0 Å². The highest BCUT2D eigenvalue weighted by Crippen LogP contribution is 2.35. The van der Waals surface area contributed by atoms with Crippen LogP contribution in [0.25, 0.3) is 0 Å². The molecular formula is C9H15IO2. The van der Waals surface area contributed by atoms with Crippen LogP contribution < -0.4 is 0 Å². The van der Waals surface area contributed by atoms with Gasteiger partial charge in [0.15, 0.2) is 0 Å². The van der Waals surface area contributed by atoms with Gasteiger partial charge in [0.2, 0.25) is 0 Å². The second-order valence-electron chi connectivity index (χ2n) is 3.77. The zero-order chi connectivity index (χ0) is 8.44. The smallest absolute Gasteiger partial charge is 0.0940 e. The van der Waals surface area contributed by atoms with Crippen LogP contribution in [0.2, 0.25) is 0 Å². The van der Waals surface area contributed by atoms with Gasteiger partial charge in [-0.25, -0.2) is 0 Å². The van der Waals surface area contributed by atoms with Crippen LogP contribution in [0, 0.1) is 0 Å². The van der Waals surface area contributed by atoms with Crippen LogP contribution in [0.1, 0.15) is 25.7 Å². The van der Waals surface area contributed by atoms with Gasteiger partial charge in [-0.3, -0.25) is 0 Å². The third-order valence-corrected chi connectivity index (χ3v) is 3.80. The Morgan fingerprint density at radius 2 is 2.33 bits per heavy atom. The Morgan fingerprint density at radius 3 is 3.00 bits per heavy atom. The molecule has 1 spiro atoms. The molecule has 2 atom stereocenters. The molecule has 2 nitrogen and oxygen atoms in total. The van der Waals surface area contributed by atoms with Crippen LogP contribution in [0.15, 0.2) is 0 Å². The maximum absolute atomic E-state index is 6.05. The molecule has 2 unspecified atom stereocenters. The van der Waals surface area contributed by atoms with E-state index in [4.69, 9.17) is 9.47 Å². The van der Waals surface area contributed by atoms with Crippen molar-refractivity contribution in [3.05, 3.63) is 0 Å². The number of halogens is 1. The highest BCUT2D eigenvalue weighted by Gasteiger charge is 2.40. The van der Waals surface area contributed by atoms with E-state index >= 15 is 0 Å². The molecule has 0 radical (unpaired) electrons. The normalized spacial score (nSPS) is 42.2. The standard InChI is InChI=1S/C9H15IO2/c10-6-8-2-1-3-9(12-8)4-5-11-7-9/h8H,1-7H2. The Kier molecular flexibility index (Phi) is 2.92. The molecule has 3 heteroatoms. The number of ether oxygens (including phenoxy) is 2. The van der Waals surface area contributed by atoms with Gasteiger partial charge in [0.05, 0.1) is 18.3 Å². The monoisotopic (exact) mass is 282 g/mol. The van der Waals surface area contributed by atoms with E-state index in [0.717, 1.165) is 24.1 Å². The van der Waals surface area contributed by atoms with Crippen LogP contribution >= 0.6 is 22.6 Å². The van der Waals surface area contributed by atoms with Crippen molar-refractivity contribution in [3.8, 4) is 0 Å². The topological polar surface area (TPSA) is 18.5 Å². The average Bonchev–Trinajstić information content (AvgIpc) is 2.53. The van der Waals surface area contributed by atoms with E-state index < -0.39 is 0 Å². The van der Waals surface area contributed by atoms with Gasteiger partial charge in [-0.05, 0) is 19.3 Å². The number of hydrogen-bond acceptors (Lipinski definition) is 2. The molecule has 0 saturated carbocycles. The fraction of sp³-hybridized carbons (Fsp3) is 1.00. The molecule has 0 bridgehead atoms. The molecule has 0 aromatic carbocycles. The van der Waals surface area contributed by atoms with E-state index in [-0.39, 0.29) is 5.60 Å². The lowest BCUT2D eigenvalue weighted by Gasteiger charge is -2.36. The van der Waals surface area contributed by atoms with E-state index in [2.05, 4.69) is 22.6 Å². The van der Waals surface area contributed by atoms with Gasteiger partial charge in [0.25, 0.3) is 0 Å².